The van der Waals surface area contributed by atoms with Crippen LogP contribution in [0.2, 0.25) is 0 Å². The summed E-state index contributed by atoms with van der Waals surface area (Å²) in [5.74, 6) is 0.113. The van der Waals surface area contributed by atoms with Crippen LogP contribution < -0.4 is 15.8 Å². The summed E-state index contributed by atoms with van der Waals surface area (Å²) >= 11 is 0. The molecule has 1 aliphatic rings. The van der Waals surface area contributed by atoms with Gasteiger partial charge in [0.15, 0.2) is 0 Å². The lowest BCUT2D eigenvalue weighted by atomic mass is 10.1. The van der Waals surface area contributed by atoms with Crippen molar-refractivity contribution in [1.82, 2.24) is 15.3 Å². The van der Waals surface area contributed by atoms with E-state index in [0.717, 1.165) is 5.56 Å². The number of aromatic amines is 1. The van der Waals surface area contributed by atoms with Gasteiger partial charge in [0.25, 0.3) is 5.56 Å². The first-order valence-corrected chi connectivity index (χ1v) is 9.38. The van der Waals surface area contributed by atoms with Gasteiger partial charge >= 0.3 is 0 Å². The highest BCUT2D eigenvalue weighted by molar-refractivity contribution is 5.76. The number of amides is 1. The molecule has 150 valence electrons. The molecule has 1 aromatic carbocycles. The second-order valence-corrected chi connectivity index (χ2v) is 6.91. The number of hydrogen-bond acceptors (Lipinski definition) is 5. The van der Waals surface area contributed by atoms with Crippen LogP contribution in [0.15, 0.2) is 23.0 Å². The smallest absolute Gasteiger partial charge is 0.255 e. The summed E-state index contributed by atoms with van der Waals surface area (Å²) in [6, 6.07) is 4.74. The molecule has 0 spiro atoms. The molecule has 1 saturated heterocycles. The number of ether oxygens (including phenoxy) is 1. The SMILES string of the molecule is Cc1cc(CNC(=O)CCc2c(C)nc(N3CCOCC3)[nH]c2=O)ccc1F. The fraction of sp³-hybridized carbons (Fsp3) is 0.450. The molecule has 0 aliphatic carbocycles. The number of carbonyl (C=O) groups excluding carboxylic acids is 1. The Balaban J connectivity index is 1.56. The fourth-order valence-corrected chi connectivity index (χ4v) is 3.16. The van der Waals surface area contributed by atoms with Gasteiger partial charge in [0.2, 0.25) is 11.9 Å². The number of hydrogen-bond donors (Lipinski definition) is 2. The second kappa shape index (κ2) is 8.97. The van der Waals surface area contributed by atoms with Crippen molar-refractivity contribution in [1.29, 1.82) is 0 Å². The first-order chi connectivity index (χ1) is 13.4. The van der Waals surface area contributed by atoms with Gasteiger partial charge in [0.1, 0.15) is 5.82 Å². The summed E-state index contributed by atoms with van der Waals surface area (Å²) < 4.78 is 18.6. The van der Waals surface area contributed by atoms with Crippen LogP contribution in [0.25, 0.3) is 0 Å². The minimum Gasteiger partial charge on any atom is -0.378 e. The predicted octanol–water partition coefficient (Wildman–Crippen LogP) is 1.61. The molecule has 1 aromatic heterocycles. The fourth-order valence-electron chi connectivity index (χ4n) is 3.16. The van der Waals surface area contributed by atoms with Crippen molar-refractivity contribution >= 4 is 11.9 Å². The molecule has 2 aromatic rings. The molecule has 3 rings (SSSR count). The van der Waals surface area contributed by atoms with E-state index < -0.39 is 0 Å². The maximum absolute atomic E-state index is 13.3. The van der Waals surface area contributed by atoms with Gasteiger partial charge in [-0.1, -0.05) is 12.1 Å². The molecule has 0 atom stereocenters. The van der Waals surface area contributed by atoms with Gasteiger partial charge in [-0.05, 0) is 37.5 Å². The maximum Gasteiger partial charge on any atom is 0.255 e. The number of rotatable bonds is 6. The summed E-state index contributed by atoms with van der Waals surface area (Å²) in [7, 11) is 0. The lowest BCUT2D eigenvalue weighted by Gasteiger charge is -2.27. The van der Waals surface area contributed by atoms with Crippen LogP contribution >= 0.6 is 0 Å². The number of nitrogens with one attached hydrogen (secondary N) is 2. The van der Waals surface area contributed by atoms with Crippen LogP contribution in [0.1, 0.15) is 28.8 Å². The molecule has 0 bridgehead atoms. The third-order valence-electron chi connectivity index (χ3n) is 4.83. The molecule has 1 amide bonds. The lowest BCUT2D eigenvalue weighted by Crippen LogP contribution is -2.38. The molecule has 2 heterocycles. The van der Waals surface area contributed by atoms with Crippen molar-refractivity contribution in [3.05, 3.63) is 56.8 Å². The predicted molar refractivity (Wildman–Crippen MR) is 104 cm³/mol. The molecular weight excluding hydrogens is 363 g/mol. The van der Waals surface area contributed by atoms with E-state index in [9.17, 15) is 14.0 Å². The number of aromatic nitrogens is 2. The second-order valence-electron chi connectivity index (χ2n) is 6.91. The van der Waals surface area contributed by atoms with E-state index in [1.807, 2.05) is 4.90 Å². The van der Waals surface area contributed by atoms with Crippen LogP contribution in [-0.4, -0.2) is 42.2 Å². The maximum atomic E-state index is 13.3. The Kier molecular flexibility index (Phi) is 6.41. The third kappa shape index (κ3) is 4.95. The highest BCUT2D eigenvalue weighted by Crippen LogP contribution is 2.12. The van der Waals surface area contributed by atoms with E-state index >= 15 is 0 Å². The molecule has 0 radical (unpaired) electrons. The van der Waals surface area contributed by atoms with Crippen LogP contribution in [0.3, 0.4) is 0 Å². The lowest BCUT2D eigenvalue weighted by molar-refractivity contribution is -0.121. The number of morpholine rings is 1. The van der Waals surface area contributed by atoms with Gasteiger partial charge in [-0.2, -0.15) is 0 Å². The Morgan fingerprint density at radius 1 is 1.32 bits per heavy atom. The first kappa shape index (κ1) is 20.0. The van der Waals surface area contributed by atoms with Crippen molar-refractivity contribution in [2.24, 2.45) is 0 Å². The summed E-state index contributed by atoms with van der Waals surface area (Å²) in [6.07, 6.45) is 0.495. The summed E-state index contributed by atoms with van der Waals surface area (Å²) in [4.78, 5) is 33.9. The zero-order chi connectivity index (χ0) is 20.1. The van der Waals surface area contributed by atoms with E-state index in [2.05, 4.69) is 15.3 Å². The van der Waals surface area contributed by atoms with E-state index in [0.29, 0.717) is 62.0 Å². The van der Waals surface area contributed by atoms with E-state index in [4.69, 9.17) is 4.74 Å². The average molecular weight is 388 g/mol. The number of carbonyl (C=O) groups is 1. The van der Waals surface area contributed by atoms with Gasteiger partial charge in [-0.25, -0.2) is 9.37 Å². The molecule has 2 N–H and O–H groups in total. The zero-order valence-corrected chi connectivity index (χ0v) is 16.2. The van der Waals surface area contributed by atoms with Crippen LogP contribution in [0, 0.1) is 19.7 Å². The zero-order valence-electron chi connectivity index (χ0n) is 16.2. The van der Waals surface area contributed by atoms with Gasteiger partial charge < -0.3 is 15.0 Å². The molecular formula is C20H25FN4O3. The normalized spacial score (nSPS) is 14.2. The molecule has 28 heavy (non-hydrogen) atoms. The number of H-pyrrole nitrogens is 1. The number of aryl methyl sites for hydroxylation is 2. The topological polar surface area (TPSA) is 87.3 Å². The minimum absolute atomic E-state index is 0.168. The molecule has 0 unspecified atom stereocenters. The summed E-state index contributed by atoms with van der Waals surface area (Å²) in [5.41, 5.74) is 2.31. The number of halogens is 1. The standard InChI is InChI=1S/C20H25FN4O3/c1-13-11-15(3-5-17(13)21)12-22-18(26)6-4-16-14(2)23-20(24-19(16)27)25-7-9-28-10-8-25/h3,5,11H,4,6-10,12H2,1-2H3,(H,22,26)(H,23,24,27). The molecule has 1 fully saturated rings. The van der Waals surface area contributed by atoms with Gasteiger partial charge in [0.05, 0.1) is 13.2 Å². The number of nitrogens with zero attached hydrogens (tertiary/aromatic N) is 2. The van der Waals surface area contributed by atoms with Crippen LogP contribution in [-0.2, 0) is 22.5 Å². The largest absolute Gasteiger partial charge is 0.378 e. The van der Waals surface area contributed by atoms with E-state index in [1.54, 1.807) is 26.0 Å². The minimum atomic E-state index is -0.266. The van der Waals surface area contributed by atoms with Gasteiger partial charge in [-0.15, -0.1) is 0 Å². The summed E-state index contributed by atoms with van der Waals surface area (Å²) in [5, 5.41) is 2.80. The number of anilines is 1. The van der Waals surface area contributed by atoms with Crippen molar-refractivity contribution in [3.8, 4) is 0 Å². The van der Waals surface area contributed by atoms with Gasteiger partial charge in [0, 0.05) is 37.3 Å². The Morgan fingerprint density at radius 2 is 2.07 bits per heavy atom. The van der Waals surface area contributed by atoms with E-state index in [-0.39, 0.29) is 23.7 Å². The van der Waals surface area contributed by atoms with Crippen LogP contribution in [0.4, 0.5) is 10.3 Å². The first-order valence-electron chi connectivity index (χ1n) is 9.38. The van der Waals surface area contributed by atoms with Gasteiger partial charge in [-0.3, -0.25) is 14.6 Å². The third-order valence-corrected chi connectivity index (χ3v) is 4.83. The van der Waals surface area contributed by atoms with Crippen LogP contribution in [0.5, 0.6) is 0 Å². The Hall–Kier alpha value is -2.74. The van der Waals surface area contributed by atoms with Crippen molar-refractivity contribution in [2.75, 3.05) is 31.2 Å². The Labute approximate surface area is 162 Å². The van der Waals surface area contributed by atoms with Crippen molar-refractivity contribution in [3.63, 3.8) is 0 Å². The highest BCUT2D eigenvalue weighted by Gasteiger charge is 2.16. The molecule has 7 nitrogen and oxygen atoms in total. The van der Waals surface area contributed by atoms with Crippen molar-refractivity contribution < 1.29 is 13.9 Å². The molecule has 1 aliphatic heterocycles. The average Bonchev–Trinajstić information content (AvgIpc) is 2.69. The van der Waals surface area contributed by atoms with E-state index in [1.165, 1.54) is 6.07 Å². The summed E-state index contributed by atoms with van der Waals surface area (Å²) in [6.45, 7) is 6.39. The highest BCUT2D eigenvalue weighted by atomic mass is 19.1. The monoisotopic (exact) mass is 388 g/mol. The Bertz CT molecular complexity index is 907. The Morgan fingerprint density at radius 3 is 2.75 bits per heavy atom. The van der Waals surface area contributed by atoms with Crippen molar-refractivity contribution in [2.45, 2.75) is 33.2 Å². The quantitative estimate of drug-likeness (QED) is 0.785. The molecule has 0 saturated carbocycles. The molecule has 8 heteroatoms. The number of benzene rings is 1.